The van der Waals surface area contributed by atoms with Crippen molar-refractivity contribution < 1.29 is 59.2 Å². The Labute approximate surface area is 200 Å². The van der Waals surface area contributed by atoms with E-state index in [1.807, 2.05) is 6.92 Å². The fourth-order valence-corrected chi connectivity index (χ4v) is 4.84. The van der Waals surface area contributed by atoms with Crippen molar-refractivity contribution in [3.8, 4) is 0 Å². The molecule has 0 saturated heterocycles. The molecule has 2 amide bonds. The van der Waals surface area contributed by atoms with Gasteiger partial charge in [-0.3, -0.25) is 9.59 Å². The zero-order chi connectivity index (χ0) is 20.4. The summed E-state index contributed by atoms with van der Waals surface area (Å²) in [5, 5.41) is 15.6. The number of amides is 2. The maximum Gasteiger partial charge on any atom is 1.00 e. The third kappa shape index (κ3) is 5.66. The summed E-state index contributed by atoms with van der Waals surface area (Å²) in [7, 11) is 3.46. The minimum atomic E-state index is -0.480. The van der Waals surface area contributed by atoms with E-state index in [0.29, 0.717) is 6.10 Å². The molecule has 9 heteroatoms. The van der Waals surface area contributed by atoms with Crippen molar-refractivity contribution in [3.05, 3.63) is 23.5 Å². The Bertz CT molecular complexity index is 619. The Kier molecular flexibility index (Phi) is 10.0. The molecule has 0 atom stereocenters. The van der Waals surface area contributed by atoms with Crippen molar-refractivity contribution in [2.24, 2.45) is 0 Å². The van der Waals surface area contributed by atoms with Crippen LogP contribution in [0.4, 0.5) is 0 Å². The van der Waals surface area contributed by atoms with Gasteiger partial charge in [-0.25, -0.2) is 0 Å². The van der Waals surface area contributed by atoms with E-state index in [4.69, 9.17) is 9.47 Å². The smallest absolute Gasteiger partial charge is 0.870 e. The number of ether oxygens (including phenoxy) is 2. The Morgan fingerprint density at radius 3 is 1.60 bits per heavy atom. The summed E-state index contributed by atoms with van der Waals surface area (Å²) >= 11 is 0. The summed E-state index contributed by atoms with van der Waals surface area (Å²) in [6.07, 6.45) is 11.1. The Morgan fingerprint density at radius 1 is 0.867 bits per heavy atom. The van der Waals surface area contributed by atoms with Gasteiger partial charge in [0.1, 0.15) is 5.76 Å². The summed E-state index contributed by atoms with van der Waals surface area (Å²) in [5.74, 6) is 0.0776. The number of methoxy groups -OCH3 is 2. The van der Waals surface area contributed by atoms with Crippen LogP contribution in [-0.2, 0) is 19.1 Å². The van der Waals surface area contributed by atoms with Crippen molar-refractivity contribution in [1.29, 1.82) is 0 Å². The molecule has 30 heavy (non-hydrogen) atoms. The topological polar surface area (TPSA) is 127 Å². The van der Waals surface area contributed by atoms with Crippen LogP contribution in [0.15, 0.2) is 23.5 Å². The molecule has 2 fully saturated rings. The summed E-state index contributed by atoms with van der Waals surface area (Å²) in [4.78, 5) is 22.4. The SMILES string of the molecule is COC1CCC2(CC1)NC(=O)C=C2C.COC1CCC2(CC1)NC(=O)C=C2O.[Na+].[OH-]. The van der Waals surface area contributed by atoms with E-state index >= 15 is 0 Å². The van der Waals surface area contributed by atoms with E-state index in [0.717, 1.165) is 51.4 Å². The average Bonchev–Trinajstić information content (AvgIpc) is 3.11. The number of aliphatic hydroxyl groups excluding tert-OH is 1. The van der Waals surface area contributed by atoms with Gasteiger partial charge in [0.05, 0.1) is 23.3 Å². The first-order valence-electron chi connectivity index (χ1n) is 10.1. The predicted molar refractivity (Wildman–Crippen MR) is 107 cm³/mol. The summed E-state index contributed by atoms with van der Waals surface area (Å²) in [6.45, 7) is 2.05. The Morgan fingerprint density at radius 2 is 1.27 bits per heavy atom. The molecule has 2 aliphatic carbocycles. The quantitative estimate of drug-likeness (QED) is 0.486. The maximum atomic E-state index is 11.3. The number of carbonyl (C=O) groups is 2. The second-order valence-electron chi connectivity index (χ2n) is 8.37. The van der Waals surface area contributed by atoms with Crippen molar-refractivity contribution in [2.45, 2.75) is 81.6 Å². The van der Waals surface area contributed by atoms with Gasteiger partial charge in [-0.1, -0.05) is 0 Å². The molecule has 0 aromatic carbocycles. The van der Waals surface area contributed by atoms with Crippen LogP contribution >= 0.6 is 0 Å². The van der Waals surface area contributed by atoms with Crippen LogP contribution < -0.4 is 40.2 Å². The fourth-order valence-electron chi connectivity index (χ4n) is 4.84. The molecule has 4 rings (SSSR count). The minimum Gasteiger partial charge on any atom is -0.870 e. The first-order chi connectivity index (χ1) is 13.3. The molecule has 0 aromatic rings. The van der Waals surface area contributed by atoms with E-state index in [1.54, 1.807) is 20.3 Å². The van der Waals surface area contributed by atoms with Crippen LogP contribution in [0.3, 0.4) is 0 Å². The van der Waals surface area contributed by atoms with E-state index in [1.165, 1.54) is 11.6 Å². The number of nitrogens with one attached hydrogen (secondary N) is 2. The molecule has 4 aliphatic rings. The van der Waals surface area contributed by atoms with Crippen LogP contribution in [-0.4, -0.2) is 59.9 Å². The van der Waals surface area contributed by atoms with Gasteiger partial charge in [0.25, 0.3) is 0 Å². The predicted octanol–water partition coefficient (Wildman–Crippen LogP) is -0.897. The third-order valence-electron chi connectivity index (χ3n) is 6.82. The molecule has 2 aliphatic heterocycles. The second kappa shape index (κ2) is 11.1. The monoisotopic (exact) mass is 432 g/mol. The van der Waals surface area contributed by atoms with Crippen LogP contribution in [0.2, 0.25) is 0 Å². The Hall–Kier alpha value is -0.900. The van der Waals surface area contributed by atoms with Crippen molar-refractivity contribution in [1.82, 2.24) is 10.6 Å². The van der Waals surface area contributed by atoms with Crippen molar-refractivity contribution in [2.75, 3.05) is 14.2 Å². The van der Waals surface area contributed by atoms with Gasteiger partial charge < -0.3 is 30.7 Å². The summed E-state index contributed by atoms with van der Waals surface area (Å²) in [5.41, 5.74) is 0.676. The molecule has 8 nitrogen and oxygen atoms in total. The van der Waals surface area contributed by atoms with Gasteiger partial charge in [-0.15, -0.1) is 0 Å². The number of carbonyl (C=O) groups excluding carboxylic acids is 2. The number of hydrogen-bond donors (Lipinski definition) is 3. The molecule has 164 valence electrons. The molecule has 0 radical (unpaired) electrons. The molecule has 2 saturated carbocycles. The zero-order valence-corrected chi connectivity index (χ0v) is 20.5. The molecular formula is C21H33N2NaO6. The van der Waals surface area contributed by atoms with E-state index in [-0.39, 0.29) is 64.2 Å². The fraction of sp³-hybridized carbons (Fsp3) is 0.714. The average molecular weight is 432 g/mol. The van der Waals surface area contributed by atoms with Crippen molar-refractivity contribution in [3.63, 3.8) is 0 Å². The molecular weight excluding hydrogens is 399 g/mol. The number of hydrogen-bond acceptors (Lipinski definition) is 6. The number of rotatable bonds is 2. The molecule has 4 N–H and O–H groups in total. The van der Waals surface area contributed by atoms with Gasteiger partial charge >= 0.3 is 29.6 Å². The molecule has 0 bridgehead atoms. The molecule has 2 heterocycles. The van der Waals surface area contributed by atoms with Crippen molar-refractivity contribution >= 4 is 11.8 Å². The van der Waals surface area contributed by atoms with Crippen LogP contribution in [0.25, 0.3) is 0 Å². The molecule has 0 aromatic heterocycles. The first kappa shape index (κ1) is 27.1. The zero-order valence-electron chi connectivity index (χ0n) is 18.5. The van der Waals surface area contributed by atoms with Crippen LogP contribution in [0, 0.1) is 0 Å². The molecule has 2 spiro atoms. The molecule has 0 unspecified atom stereocenters. The van der Waals surface area contributed by atoms with E-state index in [2.05, 4.69) is 10.6 Å². The normalized spacial score (nSPS) is 34.6. The van der Waals surface area contributed by atoms with Gasteiger partial charge in [-0.2, -0.15) is 0 Å². The first-order valence-corrected chi connectivity index (χ1v) is 10.1. The maximum absolute atomic E-state index is 11.3. The van der Waals surface area contributed by atoms with E-state index < -0.39 is 5.54 Å². The standard InChI is InChI=1S/C11H17NO2.C10H15NO3.Na.H2O/c1-8-7-10(13)12-11(8)5-3-9(14-2)4-6-11;1-14-7-2-4-10(5-3-7)8(12)6-9(13)11-10;;/h7,9H,3-6H2,1-2H3,(H,12,13);6-7,12H,2-5H2,1H3,(H,11,13);;1H2/q;;+1;/p-1. The van der Waals surface area contributed by atoms with Crippen LogP contribution in [0.1, 0.15) is 58.3 Å². The van der Waals surface area contributed by atoms with E-state index in [9.17, 15) is 14.7 Å². The van der Waals surface area contributed by atoms with Crippen LogP contribution in [0.5, 0.6) is 0 Å². The third-order valence-corrected chi connectivity index (χ3v) is 6.82. The number of aliphatic hydroxyl groups is 1. The minimum absolute atomic E-state index is 0. The van der Waals surface area contributed by atoms with Gasteiger partial charge in [0.15, 0.2) is 0 Å². The largest absolute Gasteiger partial charge is 1.00 e. The summed E-state index contributed by atoms with van der Waals surface area (Å²) < 4.78 is 10.6. The van der Waals surface area contributed by atoms with Gasteiger partial charge in [-0.05, 0) is 63.9 Å². The van der Waals surface area contributed by atoms with Gasteiger partial charge in [0, 0.05) is 26.4 Å². The Balaban J connectivity index is 0.000000281. The summed E-state index contributed by atoms with van der Waals surface area (Å²) in [6, 6.07) is 0. The second-order valence-corrected chi connectivity index (χ2v) is 8.37. The van der Waals surface area contributed by atoms with Gasteiger partial charge in [0.2, 0.25) is 11.8 Å².